The number of thiophene rings is 1. The molecule has 3 aromatic rings. The molecular formula is C17H17F3N4O2S. The van der Waals surface area contributed by atoms with Crippen molar-refractivity contribution in [1.82, 2.24) is 19.9 Å². The first-order valence-electron chi connectivity index (χ1n) is 8.38. The minimum Gasteiger partial charge on any atom is -0.329 e. The summed E-state index contributed by atoms with van der Waals surface area (Å²) in [7, 11) is 0. The van der Waals surface area contributed by atoms with E-state index in [2.05, 4.69) is 19.8 Å². The molecule has 3 heterocycles. The summed E-state index contributed by atoms with van der Waals surface area (Å²) in [6.07, 6.45) is 0.822. The average molecular weight is 398 g/mol. The van der Waals surface area contributed by atoms with Crippen LogP contribution in [0.2, 0.25) is 0 Å². The fourth-order valence-electron chi connectivity index (χ4n) is 2.44. The quantitative estimate of drug-likeness (QED) is 0.524. The molecule has 0 aliphatic heterocycles. The highest BCUT2D eigenvalue weighted by atomic mass is 32.1. The van der Waals surface area contributed by atoms with Crippen molar-refractivity contribution in [1.29, 1.82) is 0 Å². The second-order valence-electron chi connectivity index (χ2n) is 6.03. The second-order valence-corrected chi connectivity index (χ2v) is 7.15. The standard InChI is InChI=1S/C17H17F3N4O2S/c1-3-4-5-12(25)11-8-21-24(9-11)10(2)13-6-7-14(27-13)15-22-16(26-23-15)17(18,19)20/h6-10H,3-5H2,1-2H3. The largest absolute Gasteiger partial charge is 0.471 e. The number of Topliss-reactive ketones (excluding diaryl/α,β-unsaturated/α-hetero) is 1. The molecular weight excluding hydrogens is 381 g/mol. The third-order valence-electron chi connectivity index (χ3n) is 4.01. The van der Waals surface area contributed by atoms with E-state index in [-0.39, 0.29) is 17.6 Å². The molecule has 0 aliphatic carbocycles. The van der Waals surface area contributed by atoms with Gasteiger partial charge in [-0.25, -0.2) is 0 Å². The van der Waals surface area contributed by atoms with Gasteiger partial charge in [-0.15, -0.1) is 11.3 Å². The molecule has 144 valence electrons. The van der Waals surface area contributed by atoms with Gasteiger partial charge in [0.2, 0.25) is 5.82 Å². The number of hydrogen-bond donors (Lipinski definition) is 0. The lowest BCUT2D eigenvalue weighted by Crippen LogP contribution is -2.05. The fourth-order valence-corrected chi connectivity index (χ4v) is 3.42. The van der Waals surface area contributed by atoms with Gasteiger partial charge in [-0.05, 0) is 25.5 Å². The van der Waals surface area contributed by atoms with Gasteiger partial charge in [-0.2, -0.15) is 23.3 Å². The maximum absolute atomic E-state index is 12.6. The summed E-state index contributed by atoms with van der Waals surface area (Å²) in [5.41, 5.74) is 0.556. The van der Waals surface area contributed by atoms with E-state index < -0.39 is 12.1 Å². The zero-order valence-electron chi connectivity index (χ0n) is 14.7. The fraction of sp³-hybridized carbons (Fsp3) is 0.412. The van der Waals surface area contributed by atoms with E-state index in [1.165, 1.54) is 17.5 Å². The van der Waals surface area contributed by atoms with E-state index in [0.717, 1.165) is 17.7 Å². The van der Waals surface area contributed by atoms with Gasteiger partial charge in [-0.1, -0.05) is 18.5 Å². The Labute approximate surface area is 157 Å². The first kappa shape index (κ1) is 19.3. The molecule has 0 aromatic carbocycles. The van der Waals surface area contributed by atoms with Gasteiger partial charge in [0.15, 0.2) is 5.78 Å². The molecule has 0 fully saturated rings. The third kappa shape index (κ3) is 4.26. The Balaban J connectivity index is 1.75. The average Bonchev–Trinajstić information content (AvgIpc) is 3.37. The summed E-state index contributed by atoms with van der Waals surface area (Å²) < 4.78 is 43.7. The Morgan fingerprint density at radius 3 is 2.81 bits per heavy atom. The molecule has 3 aromatic heterocycles. The molecule has 0 N–H and O–H groups in total. The topological polar surface area (TPSA) is 73.8 Å². The number of halogens is 3. The molecule has 6 nitrogen and oxygen atoms in total. The number of unbranched alkanes of at least 4 members (excludes halogenated alkanes) is 1. The van der Waals surface area contributed by atoms with Crippen LogP contribution in [0.1, 0.15) is 60.3 Å². The van der Waals surface area contributed by atoms with Crippen molar-refractivity contribution >= 4 is 17.1 Å². The third-order valence-corrected chi connectivity index (χ3v) is 5.26. The molecule has 27 heavy (non-hydrogen) atoms. The molecule has 3 rings (SSSR count). The first-order valence-corrected chi connectivity index (χ1v) is 9.19. The molecule has 10 heteroatoms. The maximum atomic E-state index is 12.6. The van der Waals surface area contributed by atoms with E-state index in [1.807, 2.05) is 13.8 Å². The van der Waals surface area contributed by atoms with E-state index in [1.54, 1.807) is 23.0 Å². The van der Waals surface area contributed by atoms with Crippen molar-refractivity contribution in [2.45, 2.75) is 45.3 Å². The van der Waals surface area contributed by atoms with Gasteiger partial charge in [0.25, 0.3) is 0 Å². The van der Waals surface area contributed by atoms with Gasteiger partial charge in [0.05, 0.1) is 22.7 Å². The van der Waals surface area contributed by atoms with Crippen LogP contribution in [0.3, 0.4) is 0 Å². The minimum absolute atomic E-state index is 0.0497. The molecule has 0 amide bonds. The Kier molecular flexibility index (Phi) is 5.45. The Morgan fingerprint density at radius 1 is 1.37 bits per heavy atom. The number of aromatic nitrogens is 4. The van der Waals surface area contributed by atoms with Crippen molar-refractivity contribution < 1.29 is 22.5 Å². The molecule has 0 saturated heterocycles. The zero-order valence-corrected chi connectivity index (χ0v) is 15.5. The molecule has 0 spiro atoms. The van der Waals surface area contributed by atoms with Crippen molar-refractivity contribution in [2.75, 3.05) is 0 Å². The zero-order chi connectivity index (χ0) is 19.6. The van der Waals surface area contributed by atoms with Crippen LogP contribution in [0.25, 0.3) is 10.7 Å². The lowest BCUT2D eigenvalue weighted by molar-refractivity contribution is -0.159. The number of alkyl halides is 3. The Hall–Kier alpha value is -2.49. The molecule has 0 bridgehead atoms. The summed E-state index contributed by atoms with van der Waals surface area (Å²) >= 11 is 1.25. The molecule has 0 aliphatic rings. The number of carbonyl (C=O) groups excluding carboxylic acids is 1. The van der Waals surface area contributed by atoms with Crippen LogP contribution in [0.5, 0.6) is 0 Å². The smallest absolute Gasteiger partial charge is 0.329 e. The lowest BCUT2D eigenvalue weighted by atomic mass is 10.1. The molecule has 1 atom stereocenters. The molecule has 0 saturated carbocycles. The monoisotopic (exact) mass is 398 g/mol. The highest BCUT2D eigenvalue weighted by Crippen LogP contribution is 2.34. The number of nitrogens with zero attached hydrogens (tertiary/aromatic N) is 4. The van der Waals surface area contributed by atoms with Crippen LogP contribution in [0.4, 0.5) is 13.2 Å². The first-order chi connectivity index (χ1) is 12.8. The van der Waals surface area contributed by atoms with Crippen LogP contribution in [-0.4, -0.2) is 25.7 Å². The predicted octanol–water partition coefficient (Wildman–Crippen LogP) is 5.00. The van der Waals surface area contributed by atoms with Crippen LogP contribution >= 0.6 is 11.3 Å². The SMILES string of the molecule is CCCCC(=O)c1cnn(C(C)c2ccc(-c3noc(C(F)(F)F)n3)s2)c1. The van der Waals surface area contributed by atoms with Crippen molar-refractivity contribution in [3.63, 3.8) is 0 Å². The minimum atomic E-state index is -4.67. The van der Waals surface area contributed by atoms with Gasteiger partial charge in [-0.3, -0.25) is 9.48 Å². The van der Waals surface area contributed by atoms with E-state index in [4.69, 9.17) is 0 Å². The summed E-state index contributed by atoms with van der Waals surface area (Å²) in [6, 6.07) is 3.22. The van der Waals surface area contributed by atoms with Crippen molar-refractivity contribution in [3.8, 4) is 10.7 Å². The van der Waals surface area contributed by atoms with Crippen LogP contribution in [0.15, 0.2) is 29.0 Å². The van der Waals surface area contributed by atoms with Crippen molar-refractivity contribution in [3.05, 3.63) is 40.9 Å². The van der Waals surface area contributed by atoms with Gasteiger partial charge in [0, 0.05) is 17.5 Å². The van der Waals surface area contributed by atoms with Gasteiger partial charge < -0.3 is 4.52 Å². The van der Waals surface area contributed by atoms with E-state index in [0.29, 0.717) is 16.9 Å². The summed E-state index contributed by atoms with van der Waals surface area (Å²) in [4.78, 5) is 16.8. The number of hydrogen-bond acceptors (Lipinski definition) is 6. The van der Waals surface area contributed by atoms with Crippen LogP contribution in [-0.2, 0) is 6.18 Å². The summed E-state index contributed by atoms with van der Waals surface area (Å²) in [5.74, 6) is -1.43. The maximum Gasteiger partial charge on any atom is 0.471 e. The number of ketones is 1. The molecule has 0 radical (unpaired) electrons. The number of carbonyl (C=O) groups is 1. The lowest BCUT2D eigenvalue weighted by Gasteiger charge is -2.09. The Bertz CT molecular complexity index is 929. The predicted molar refractivity (Wildman–Crippen MR) is 92.5 cm³/mol. The van der Waals surface area contributed by atoms with Gasteiger partial charge in [0.1, 0.15) is 0 Å². The Morgan fingerprint density at radius 2 is 2.15 bits per heavy atom. The normalized spacial score (nSPS) is 13.1. The van der Waals surface area contributed by atoms with E-state index in [9.17, 15) is 18.0 Å². The second kappa shape index (κ2) is 7.63. The molecule has 1 unspecified atom stereocenters. The highest BCUT2D eigenvalue weighted by Gasteiger charge is 2.38. The van der Waals surface area contributed by atoms with Gasteiger partial charge >= 0.3 is 12.1 Å². The number of rotatable bonds is 7. The summed E-state index contributed by atoms with van der Waals surface area (Å²) in [5, 5.41) is 7.64. The van der Waals surface area contributed by atoms with E-state index >= 15 is 0 Å². The van der Waals surface area contributed by atoms with Crippen LogP contribution in [0, 0.1) is 0 Å². The summed E-state index contributed by atoms with van der Waals surface area (Å²) in [6.45, 7) is 3.91. The van der Waals surface area contributed by atoms with Crippen molar-refractivity contribution in [2.24, 2.45) is 0 Å². The highest BCUT2D eigenvalue weighted by molar-refractivity contribution is 7.15. The van der Waals surface area contributed by atoms with Crippen LogP contribution < -0.4 is 0 Å².